The third kappa shape index (κ3) is 3.02. The molecular formula is C31H48O5. The van der Waals surface area contributed by atoms with E-state index in [4.69, 9.17) is 4.74 Å². The van der Waals surface area contributed by atoms with Crippen LogP contribution < -0.4 is 0 Å². The Morgan fingerprint density at radius 3 is 2.39 bits per heavy atom. The second kappa shape index (κ2) is 8.15. The van der Waals surface area contributed by atoms with Crippen LogP contribution in [0.2, 0.25) is 0 Å². The lowest BCUT2D eigenvalue weighted by atomic mass is 9.33. The van der Waals surface area contributed by atoms with Gasteiger partial charge in [0.2, 0.25) is 0 Å². The Kier molecular flexibility index (Phi) is 5.98. The largest absolute Gasteiger partial charge is 0.469 e. The van der Waals surface area contributed by atoms with Crippen molar-refractivity contribution in [3.63, 3.8) is 0 Å². The van der Waals surface area contributed by atoms with Crippen LogP contribution in [0.25, 0.3) is 0 Å². The van der Waals surface area contributed by atoms with E-state index < -0.39 is 11.5 Å². The summed E-state index contributed by atoms with van der Waals surface area (Å²) in [6.45, 7) is 13.8. The number of esters is 1. The Bertz CT molecular complexity index is 987. The molecule has 0 heterocycles. The predicted octanol–water partition coefficient (Wildman–Crippen LogP) is 5.33. The van der Waals surface area contributed by atoms with Gasteiger partial charge in [0.25, 0.3) is 0 Å². The molecule has 0 aromatic rings. The molecule has 36 heavy (non-hydrogen) atoms. The lowest BCUT2D eigenvalue weighted by Gasteiger charge is -2.71. The lowest BCUT2D eigenvalue weighted by molar-refractivity contribution is -0.199. The van der Waals surface area contributed by atoms with Gasteiger partial charge in [-0.1, -0.05) is 53.2 Å². The minimum Gasteiger partial charge on any atom is -0.469 e. The topological polar surface area (TPSA) is 83.8 Å². The highest BCUT2D eigenvalue weighted by Gasteiger charge is 2.69. The maximum Gasteiger partial charge on any atom is 0.309 e. The molecule has 5 heteroatoms. The predicted molar refractivity (Wildman–Crippen MR) is 139 cm³/mol. The van der Waals surface area contributed by atoms with Gasteiger partial charge in [-0.25, -0.2) is 0 Å². The molecule has 0 aromatic heterocycles. The molecule has 0 amide bonds. The molecule has 202 valence electrons. The van der Waals surface area contributed by atoms with Gasteiger partial charge in [-0.15, -0.1) is 0 Å². The van der Waals surface area contributed by atoms with Crippen molar-refractivity contribution in [2.75, 3.05) is 13.7 Å². The molecule has 11 unspecified atom stereocenters. The summed E-state index contributed by atoms with van der Waals surface area (Å²) in [5.74, 6) is 0.694. The summed E-state index contributed by atoms with van der Waals surface area (Å²) in [5, 5.41) is 21.8. The van der Waals surface area contributed by atoms with Gasteiger partial charge in [0.15, 0.2) is 0 Å². The number of ketones is 1. The number of carbonyl (C=O) groups is 2. The average Bonchev–Trinajstić information content (AvgIpc) is 2.84. The van der Waals surface area contributed by atoms with Gasteiger partial charge in [-0.2, -0.15) is 0 Å². The number of rotatable bonds is 2. The van der Waals surface area contributed by atoms with Gasteiger partial charge in [0.05, 0.1) is 31.2 Å². The molecule has 5 aliphatic carbocycles. The van der Waals surface area contributed by atoms with E-state index in [9.17, 15) is 19.8 Å². The van der Waals surface area contributed by atoms with E-state index in [0.717, 1.165) is 38.5 Å². The number of ether oxygens (including phenoxy) is 1. The van der Waals surface area contributed by atoms with Crippen LogP contribution in [0.4, 0.5) is 0 Å². The first-order valence-electron chi connectivity index (χ1n) is 14.3. The molecule has 0 aromatic carbocycles. The molecule has 0 bridgehead atoms. The van der Waals surface area contributed by atoms with Crippen molar-refractivity contribution in [1.29, 1.82) is 0 Å². The highest BCUT2D eigenvalue weighted by Crippen LogP contribution is 2.75. The average molecular weight is 501 g/mol. The zero-order valence-corrected chi connectivity index (χ0v) is 23.5. The second-order valence-corrected chi connectivity index (χ2v) is 14.5. The van der Waals surface area contributed by atoms with Crippen molar-refractivity contribution in [3.05, 3.63) is 11.6 Å². The number of allylic oxidation sites excluding steroid dienone is 2. The van der Waals surface area contributed by atoms with E-state index in [2.05, 4.69) is 40.7 Å². The monoisotopic (exact) mass is 500 g/mol. The highest BCUT2D eigenvalue weighted by atomic mass is 16.5. The van der Waals surface area contributed by atoms with Crippen LogP contribution in [0.5, 0.6) is 0 Å². The third-order valence-corrected chi connectivity index (χ3v) is 13.5. The quantitative estimate of drug-likeness (QED) is 0.396. The Morgan fingerprint density at radius 2 is 1.75 bits per heavy atom. The summed E-state index contributed by atoms with van der Waals surface area (Å²) < 4.78 is 5.18. The van der Waals surface area contributed by atoms with Crippen LogP contribution in [-0.4, -0.2) is 41.8 Å². The maximum absolute atomic E-state index is 13.0. The van der Waals surface area contributed by atoms with E-state index in [0.29, 0.717) is 18.8 Å². The molecule has 0 radical (unpaired) electrons. The van der Waals surface area contributed by atoms with Crippen LogP contribution in [0, 0.1) is 56.7 Å². The highest BCUT2D eigenvalue weighted by molar-refractivity contribution is 5.86. The van der Waals surface area contributed by atoms with Crippen molar-refractivity contribution >= 4 is 11.8 Å². The Labute approximate surface area is 217 Å². The van der Waals surface area contributed by atoms with E-state index in [1.165, 1.54) is 12.7 Å². The SMILES string of the molecule is COC(=O)C1CC(O)C2(C)CCC3(C)C(=CCC4C5(C)CCC(=O)C(C)(CO)C5CCC43C)C2C1C. The molecule has 0 spiro atoms. The summed E-state index contributed by atoms with van der Waals surface area (Å²) in [4.78, 5) is 25.8. The number of aliphatic hydroxyl groups excluding tert-OH is 2. The van der Waals surface area contributed by atoms with E-state index in [1.54, 1.807) is 0 Å². The summed E-state index contributed by atoms with van der Waals surface area (Å²) in [6.07, 6.45) is 8.94. The summed E-state index contributed by atoms with van der Waals surface area (Å²) in [5.41, 5.74) is 0.664. The van der Waals surface area contributed by atoms with Crippen LogP contribution in [0.15, 0.2) is 11.6 Å². The molecule has 5 nitrogen and oxygen atoms in total. The summed E-state index contributed by atoms with van der Waals surface area (Å²) in [6, 6.07) is 0. The maximum atomic E-state index is 13.0. The van der Waals surface area contributed by atoms with Crippen LogP contribution in [0.3, 0.4) is 0 Å². The fourth-order valence-electron chi connectivity index (χ4n) is 11.0. The lowest BCUT2D eigenvalue weighted by Crippen LogP contribution is -2.66. The smallest absolute Gasteiger partial charge is 0.309 e. The first kappa shape index (κ1) is 26.4. The molecule has 5 rings (SSSR count). The van der Waals surface area contributed by atoms with Crippen molar-refractivity contribution < 1.29 is 24.5 Å². The second-order valence-electron chi connectivity index (χ2n) is 14.5. The van der Waals surface area contributed by atoms with E-state index in [-0.39, 0.29) is 63.7 Å². The molecule has 4 saturated carbocycles. The van der Waals surface area contributed by atoms with Crippen LogP contribution >= 0.6 is 0 Å². The Hall–Kier alpha value is -1.20. The fraction of sp³-hybridized carbons (Fsp3) is 0.871. The molecule has 5 aliphatic rings. The van der Waals surface area contributed by atoms with Gasteiger partial charge < -0.3 is 14.9 Å². The number of aliphatic hydroxyl groups is 2. The normalized spacial score (nSPS) is 54.4. The molecule has 2 N–H and O–H groups in total. The number of methoxy groups -OCH3 is 1. The van der Waals surface area contributed by atoms with Crippen molar-refractivity contribution in [3.8, 4) is 0 Å². The van der Waals surface area contributed by atoms with Gasteiger partial charge >= 0.3 is 5.97 Å². The number of hydrogen-bond acceptors (Lipinski definition) is 5. The molecular weight excluding hydrogens is 452 g/mol. The minimum absolute atomic E-state index is 0.0103. The third-order valence-electron chi connectivity index (χ3n) is 13.5. The van der Waals surface area contributed by atoms with Crippen molar-refractivity contribution in [2.45, 2.75) is 99.0 Å². The Balaban J connectivity index is 1.59. The van der Waals surface area contributed by atoms with Crippen LogP contribution in [0.1, 0.15) is 92.9 Å². The molecule has 4 fully saturated rings. The summed E-state index contributed by atoms with van der Waals surface area (Å²) in [7, 11) is 1.46. The first-order chi connectivity index (χ1) is 16.7. The number of carbonyl (C=O) groups excluding carboxylic acids is 2. The van der Waals surface area contributed by atoms with Gasteiger partial charge in [-0.3, -0.25) is 9.59 Å². The number of Topliss-reactive ketones (excluding diaryl/α,β-unsaturated/α-hetero) is 1. The number of hydrogen-bond donors (Lipinski definition) is 2. The molecule has 11 atom stereocenters. The molecule has 0 saturated heterocycles. The first-order valence-corrected chi connectivity index (χ1v) is 14.3. The zero-order valence-electron chi connectivity index (χ0n) is 23.5. The minimum atomic E-state index is -0.639. The summed E-state index contributed by atoms with van der Waals surface area (Å²) >= 11 is 0. The van der Waals surface area contributed by atoms with Gasteiger partial charge in [-0.05, 0) is 84.9 Å². The number of fused-ring (bicyclic) bond motifs is 7. The molecule has 0 aliphatic heterocycles. The standard InChI is InChI=1S/C31H48O5/c1-18-19(26(35)36-7)16-24(34)28(3)14-15-30(5)20(25(18)28)8-9-22-27(2)12-11-23(33)29(4,17-32)21(27)10-13-31(22,30)6/h8,18-19,21-22,24-25,32,34H,9-17H2,1-7H3. The Morgan fingerprint density at radius 1 is 1.06 bits per heavy atom. The van der Waals surface area contributed by atoms with E-state index in [1.807, 2.05) is 6.92 Å². The fourth-order valence-corrected chi connectivity index (χ4v) is 11.0. The van der Waals surface area contributed by atoms with Crippen LogP contribution in [-0.2, 0) is 14.3 Å². The van der Waals surface area contributed by atoms with Gasteiger partial charge in [0.1, 0.15) is 5.78 Å². The van der Waals surface area contributed by atoms with Crippen molar-refractivity contribution in [2.24, 2.45) is 56.7 Å². The van der Waals surface area contributed by atoms with Gasteiger partial charge in [0, 0.05) is 11.8 Å². The zero-order chi connectivity index (χ0) is 26.5. The van der Waals surface area contributed by atoms with Crippen molar-refractivity contribution in [1.82, 2.24) is 0 Å². The van der Waals surface area contributed by atoms with E-state index >= 15 is 0 Å².